The fraction of sp³-hybridized carbons (Fsp3) is 0.444. The highest BCUT2D eigenvalue weighted by Crippen LogP contribution is 2.39. The van der Waals surface area contributed by atoms with E-state index in [1.165, 1.54) is 6.33 Å². The summed E-state index contributed by atoms with van der Waals surface area (Å²) in [5.74, 6) is -1.15. The molecule has 1 atom stereocenters. The third kappa shape index (κ3) is 6.42. The first-order chi connectivity index (χ1) is 18.0. The van der Waals surface area contributed by atoms with Gasteiger partial charge in [0, 0.05) is 24.3 Å². The molecule has 0 saturated carbocycles. The Bertz CT molecular complexity index is 1310. The van der Waals surface area contributed by atoms with Crippen LogP contribution in [0.15, 0.2) is 42.9 Å². The van der Waals surface area contributed by atoms with Crippen molar-refractivity contribution in [3.8, 4) is 0 Å². The van der Waals surface area contributed by atoms with Crippen LogP contribution in [0.25, 0.3) is 11.0 Å². The van der Waals surface area contributed by atoms with Gasteiger partial charge in [0.15, 0.2) is 0 Å². The van der Waals surface area contributed by atoms with Crippen molar-refractivity contribution in [2.24, 2.45) is 5.41 Å². The monoisotopic (exact) mass is 541 g/mol. The normalized spacial score (nSPS) is 16.2. The van der Waals surface area contributed by atoms with E-state index >= 15 is 0 Å². The highest BCUT2D eigenvalue weighted by Gasteiger charge is 2.45. The van der Waals surface area contributed by atoms with Crippen LogP contribution in [-0.4, -0.2) is 56.6 Å². The van der Waals surface area contributed by atoms with Crippen LogP contribution >= 0.6 is 11.6 Å². The van der Waals surface area contributed by atoms with Crippen molar-refractivity contribution < 1.29 is 24.2 Å². The van der Waals surface area contributed by atoms with Crippen LogP contribution in [0.3, 0.4) is 0 Å². The average Bonchev–Trinajstić information content (AvgIpc) is 3.32. The first-order valence-electron chi connectivity index (χ1n) is 12.5. The number of carboxylic acids is 1. The number of ether oxygens (including phenoxy) is 1. The average molecular weight is 542 g/mol. The third-order valence-electron chi connectivity index (χ3n) is 6.69. The molecule has 1 aliphatic rings. The number of amides is 1. The number of aliphatic carboxylic acids is 1. The van der Waals surface area contributed by atoms with E-state index in [4.69, 9.17) is 16.3 Å². The van der Waals surface area contributed by atoms with E-state index in [0.717, 1.165) is 16.9 Å². The molecule has 1 fully saturated rings. The number of halogens is 1. The lowest BCUT2D eigenvalue weighted by atomic mass is 9.74. The Labute approximate surface area is 225 Å². The van der Waals surface area contributed by atoms with Crippen molar-refractivity contribution >= 4 is 46.3 Å². The topological polar surface area (TPSA) is 138 Å². The molecule has 1 aromatic carbocycles. The number of nitrogens with one attached hydrogen (secondary N) is 2. The van der Waals surface area contributed by atoms with Gasteiger partial charge in [-0.25, -0.2) is 9.97 Å². The number of fused-ring (bicyclic) bond motifs is 1. The summed E-state index contributed by atoms with van der Waals surface area (Å²) in [5, 5.41) is 13.8. The van der Waals surface area contributed by atoms with Crippen molar-refractivity contribution in [3.05, 3.63) is 53.4 Å². The number of hydrogen-bond donors (Lipinski definition) is 3. The summed E-state index contributed by atoms with van der Waals surface area (Å²) in [7, 11) is 0. The number of carboxylic acid groups (broad SMARTS) is 1. The fourth-order valence-corrected chi connectivity index (χ4v) is 4.95. The second-order valence-electron chi connectivity index (χ2n) is 10.6. The van der Waals surface area contributed by atoms with Crippen LogP contribution in [0.2, 0.25) is 5.02 Å². The summed E-state index contributed by atoms with van der Waals surface area (Å²) in [5.41, 5.74) is -0.443. The predicted molar refractivity (Wildman–Crippen MR) is 143 cm³/mol. The number of anilines is 1. The zero-order valence-corrected chi connectivity index (χ0v) is 22.4. The first kappa shape index (κ1) is 27.4. The number of rotatable bonds is 8. The van der Waals surface area contributed by atoms with Crippen molar-refractivity contribution in [2.45, 2.75) is 58.1 Å². The molecule has 10 nitrogen and oxygen atoms in total. The number of nitrogens with zero attached hydrogens (tertiary/aromatic N) is 3. The molecule has 0 spiro atoms. The van der Waals surface area contributed by atoms with E-state index < -0.39 is 29.0 Å². The summed E-state index contributed by atoms with van der Waals surface area (Å²) >= 11 is 6.00. The number of esters is 1. The lowest BCUT2D eigenvalue weighted by molar-refractivity contribution is -0.161. The molecule has 1 amide bonds. The molecule has 2 aromatic heterocycles. The number of H-pyrrole nitrogens is 1. The molecule has 38 heavy (non-hydrogen) atoms. The van der Waals surface area contributed by atoms with Gasteiger partial charge in [-0.15, -0.1) is 0 Å². The van der Waals surface area contributed by atoms with Crippen LogP contribution in [0.4, 0.5) is 5.82 Å². The minimum absolute atomic E-state index is 0.117. The Morgan fingerprint density at radius 1 is 1.16 bits per heavy atom. The molecule has 4 rings (SSSR count). The Balaban J connectivity index is 1.59. The molecule has 1 unspecified atom stereocenters. The lowest BCUT2D eigenvalue weighted by Crippen LogP contribution is -2.51. The second kappa shape index (κ2) is 11.0. The van der Waals surface area contributed by atoms with Gasteiger partial charge in [-0.1, -0.05) is 23.7 Å². The van der Waals surface area contributed by atoms with Gasteiger partial charge in [-0.2, -0.15) is 0 Å². The van der Waals surface area contributed by atoms with Gasteiger partial charge in [-0.05, 0) is 57.4 Å². The number of carbonyl (C=O) groups excluding carboxylic acids is 2. The van der Waals surface area contributed by atoms with E-state index in [2.05, 4.69) is 25.2 Å². The predicted octanol–water partition coefficient (Wildman–Crippen LogP) is 4.26. The van der Waals surface area contributed by atoms with Gasteiger partial charge in [0.05, 0.1) is 29.7 Å². The van der Waals surface area contributed by atoms with Crippen LogP contribution in [-0.2, 0) is 19.1 Å². The first-order valence-corrected chi connectivity index (χ1v) is 12.9. The largest absolute Gasteiger partial charge is 0.481 e. The number of hydrogen-bond acceptors (Lipinski definition) is 7. The van der Waals surface area contributed by atoms with Crippen LogP contribution < -0.4 is 10.2 Å². The molecular formula is C27H32ClN5O5. The standard InChI is InChI=1S/C27H32ClN5O5/c1-26(2,3)38-22(36)15-27(25(37)32-20(14-21(34)35)17-4-6-18(28)7-5-17)9-12-33(13-10-27)24-19-8-11-29-23(19)30-16-31-24/h4-8,11,16,20H,9-10,12-15H2,1-3H3,(H,32,37)(H,34,35)(H,29,30,31). The Morgan fingerprint density at radius 2 is 1.84 bits per heavy atom. The van der Waals surface area contributed by atoms with Crippen molar-refractivity contribution in [3.63, 3.8) is 0 Å². The zero-order chi connectivity index (χ0) is 27.5. The van der Waals surface area contributed by atoms with Gasteiger partial charge in [0.2, 0.25) is 5.91 Å². The number of benzene rings is 1. The van der Waals surface area contributed by atoms with E-state index in [-0.39, 0.29) is 18.7 Å². The van der Waals surface area contributed by atoms with E-state index in [1.807, 2.05) is 6.07 Å². The van der Waals surface area contributed by atoms with Crippen LogP contribution in [0, 0.1) is 5.41 Å². The molecule has 11 heteroatoms. The minimum atomic E-state index is -1.08. The van der Waals surface area contributed by atoms with E-state index in [9.17, 15) is 19.5 Å². The summed E-state index contributed by atoms with van der Waals surface area (Å²) < 4.78 is 5.58. The maximum Gasteiger partial charge on any atom is 0.307 e. The number of aromatic amines is 1. The fourth-order valence-electron chi connectivity index (χ4n) is 4.83. The molecule has 0 aliphatic carbocycles. The summed E-state index contributed by atoms with van der Waals surface area (Å²) in [4.78, 5) is 52.3. The van der Waals surface area contributed by atoms with Crippen LogP contribution in [0.1, 0.15) is 58.1 Å². The van der Waals surface area contributed by atoms with Gasteiger partial charge in [0.1, 0.15) is 23.4 Å². The van der Waals surface area contributed by atoms with Crippen molar-refractivity contribution in [1.29, 1.82) is 0 Å². The van der Waals surface area contributed by atoms with Gasteiger partial charge >= 0.3 is 11.9 Å². The van der Waals surface area contributed by atoms with E-state index in [0.29, 0.717) is 36.5 Å². The summed E-state index contributed by atoms with van der Waals surface area (Å²) in [6.07, 6.45) is 3.57. The lowest BCUT2D eigenvalue weighted by Gasteiger charge is -2.41. The van der Waals surface area contributed by atoms with Crippen molar-refractivity contribution in [2.75, 3.05) is 18.0 Å². The Hall–Kier alpha value is -3.66. The summed E-state index contributed by atoms with van der Waals surface area (Å²) in [6, 6.07) is 7.80. The zero-order valence-electron chi connectivity index (χ0n) is 21.7. The maximum absolute atomic E-state index is 13.9. The number of aromatic nitrogens is 3. The van der Waals surface area contributed by atoms with E-state index in [1.54, 1.807) is 51.2 Å². The second-order valence-corrected chi connectivity index (χ2v) is 11.1. The SMILES string of the molecule is CC(C)(C)OC(=O)CC1(C(=O)NC(CC(=O)O)c2ccc(Cl)cc2)CCN(c2ncnc3[nH]ccc23)CC1. The molecular weight excluding hydrogens is 510 g/mol. The van der Waals surface area contributed by atoms with Gasteiger partial charge in [-0.3, -0.25) is 14.4 Å². The molecule has 202 valence electrons. The van der Waals surface area contributed by atoms with Crippen LogP contribution in [0.5, 0.6) is 0 Å². The Kier molecular flexibility index (Phi) is 7.91. The Morgan fingerprint density at radius 3 is 2.47 bits per heavy atom. The smallest absolute Gasteiger partial charge is 0.307 e. The molecule has 3 N–H and O–H groups in total. The molecule has 1 saturated heterocycles. The van der Waals surface area contributed by atoms with Gasteiger partial charge < -0.3 is 25.0 Å². The quantitative estimate of drug-likeness (QED) is 0.360. The highest BCUT2D eigenvalue weighted by molar-refractivity contribution is 6.30. The minimum Gasteiger partial charge on any atom is -0.481 e. The number of carbonyl (C=O) groups is 3. The van der Waals surface area contributed by atoms with Crippen molar-refractivity contribution in [1.82, 2.24) is 20.3 Å². The molecule has 0 radical (unpaired) electrons. The summed E-state index contributed by atoms with van der Waals surface area (Å²) in [6.45, 7) is 6.28. The number of piperidine rings is 1. The molecule has 3 aromatic rings. The molecule has 1 aliphatic heterocycles. The maximum atomic E-state index is 13.9. The molecule has 3 heterocycles. The van der Waals surface area contributed by atoms with Gasteiger partial charge in [0.25, 0.3) is 0 Å². The highest BCUT2D eigenvalue weighted by atomic mass is 35.5. The molecule has 0 bridgehead atoms. The third-order valence-corrected chi connectivity index (χ3v) is 6.95.